The van der Waals surface area contributed by atoms with Crippen LogP contribution >= 0.6 is 11.6 Å². The molecule has 0 saturated carbocycles. The molecule has 6 aromatic rings. The second kappa shape index (κ2) is 20.3. The molecule has 3 aromatic heterocycles. The highest BCUT2D eigenvalue weighted by atomic mass is 35.5. The van der Waals surface area contributed by atoms with Gasteiger partial charge in [0, 0.05) is 50.1 Å². The fourth-order valence-corrected chi connectivity index (χ4v) is 9.98. The molecule has 9 rings (SSSR count). The molecule has 3 atom stereocenters. The Hall–Kier alpha value is -6.70. The Balaban J connectivity index is 1.22. The lowest BCUT2D eigenvalue weighted by Gasteiger charge is -2.31. The molecule has 2 saturated heterocycles. The summed E-state index contributed by atoms with van der Waals surface area (Å²) in [4.78, 5) is 36.1. The standard InChI is InChI=1S/C50H51ClF4N8O7/c1-28-23-37(61(24-30-8-14-34(66-3)15-9-30)25-31-10-16-35(67-4)17-11-31)57-43(40(28)50(53,54)55)38-41(51)45-39-44(42(38)52)58-48(70-27-33-13-12-32-26-68-21-6-19-63(32)33)60-47(39)62(20-22-69-45)29(2)36-7-5-18-56-46(36)59-49(64)65/h5,7-11,14-18,23,29,32-33H,6,12-13,19-22,24-27H2,1-4H3,(H,56,59)(H,64,65)/t29-,32+,33+/m1/s1. The van der Waals surface area contributed by atoms with Gasteiger partial charge in [0.15, 0.2) is 11.6 Å². The maximum Gasteiger partial charge on any atom is 0.418 e. The van der Waals surface area contributed by atoms with Gasteiger partial charge in [-0.15, -0.1) is 0 Å². The lowest BCUT2D eigenvalue weighted by Crippen LogP contribution is -2.40. The third-order valence-corrected chi connectivity index (χ3v) is 13.4. The number of ether oxygens (including phenoxy) is 5. The number of rotatable bonds is 14. The van der Waals surface area contributed by atoms with E-state index in [9.17, 15) is 9.90 Å². The summed E-state index contributed by atoms with van der Waals surface area (Å²) in [5.41, 5.74) is -1.23. The Labute approximate surface area is 406 Å². The van der Waals surface area contributed by atoms with E-state index in [0.29, 0.717) is 30.3 Å². The number of halogens is 5. The second-order valence-corrected chi connectivity index (χ2v) is 17.8. The van der Waals surface area contributed by atoms with E-state index < -0.39 is 51.5 Å². The molecule has 15 nitrogen and oxygen atoms in total. The Bertz CT molecular complexity index is 2830. The number of nitrogens with one attached hydrogen (secondary N) is 1. The summed E-state index contributed by atoms with van der Waals surface area (Å²) in [7, 11) is 3.10. The van der Waals surface area contributed by atoms with E-state index in [2.05, 4.69) is 25.2 Å². The Kier molecular flexibility index (Phi) is 14.0. The number of hydrogen-bond donors (Lipinski definition) is 2. The highest BCUT2D eigenvalue weighted by molar-refractivity contribution is 6.36. The van der Waals surface area contributed by atoms with Gasteiger partial charge in [0.1, 0.15) is 47.7 Å². The first kappa shape index (κ1) is 48.3. The molecule has 2 fully saturated rings. The number of fused-ring (bicyclic) bond motifs is 1. The van der Waals surface area contributed by atoms with Gasteiger partial charge in [-0.2, -0.15) is 23.1 Å². The minimum Gasteiger partial charge on any atom is -0.497 e. The number of carboxylic acid groups (broad SMARTS) is 1. The molecule has 3 aliphatic heterocycles. The van der Waals surface area contributed by atoms with Crippen LogP contribution in [0.15, 0.2) is 72.9 Å². The van der Waals surface area contributed by atoms with Crippen molar-refractivity contribution in [2.45, 2.75) is 70.5 Å². The van der Waals surface area contributed by atoms with Crippen LogP contribution in [0.2, 0.25) is 5.02 Å². The monoisotopic (exact) mass is 986 g/mol. The number of alkyl halides is 3. The highest BCUT2D eigenvalue weighted by Gasteiger charge is 2.41. The summed E-state index contributed by atoms with van der Waals surface area (Å²) >= 11 is 7.21. The number of benzene rings is 3. The first-order chi connectivity index (χ1) is 33.7. The van der Waals surface area contributed by atoms with Crippen LogP contribution in [-0.4, -0.2) is 102 Å². The molecular formula is C50H51ClF4N8O7. The van der Waals surface area contributed by atoms with Crippen LogP contribution in [0.25, 0.3) is 22.2 Å². The first-order valence-electron chi connectivity index (χ1n) is 22.9. The van der Waals surface area contributed by atoms with Crippen LogP contribution in [0.1, 0.15) is 60.0 Å². The number of carbonyl (C=O) groups is 1. The van der Waals surface area contributed by atoms with Crippen molar-refractivity contribution in [2.24, 2.45) is 0 Å². The van der Waals surface area contributed by atoms with E-state index in [1.54, 1.807) is 67.3 Å². The van der Waals surface area contributed by atoms with Gasteiger partial charge in [-0.3, -0.25) is 10.2 Å². The zero-order chi connectivity index (χ0) is 49.3. The van der Waals surface area contributed by atoms with Crippen LogP contribution in [-0.2, 0) is 24.0 Å². The quantitative estimate of drug-likeness (QED) is 0.0994. The predicted molar refractivity (Wildman–Crippen MR) is 255 cm³/mol. The molecule has 0 radical (unpaired) electrons. The topological polar surface area (TPSA) is 157 Å². The minimum absolute atomic E-state index is 0.0211. The van der Waals surface area contributed by atoms with E-state index in [-0.39, 0.29) is 85.1 Å². The van der Waals surface area contributed by atoms with Crippen molar-refractivity contribution >= 4 is 46.1 Å². The van der Waals surface area contributed by atoms with Crippen molar-refractivity contribution in [3.8, 4) is 34.5 Å². The molecule has 20 heteroatoms. The molecule has 6 heterocycles. The average molecular weight is 987 g/mol. The normalized spacial score (nSPS) is 17.5. The maximum absolute atomic E-state index is 18.1. The molecular weight excluding hydrogens is 936 g/mol. The molecule has 0 unspecified atom stereocenters. The van der Waals surface area contributed by atoms with Crippen molar-refractivity contribution in [1.82, 2.24) is 24.8 Å². The molecule has 3 aromatic carbocycles. The van der Waals surface area contributed by atoms with Gasteiger partial charge in [0.05, 0.1) is 60.6 Å². The first-order valence-corrected chi connectivity index (χ1v) is 23.2. The van der Waals surface area contributed by atoms with Crippen molar-refractivity contribution in [3.05, 3.63) is 112 Å². The SMILES string of the molecule is COc1ccc(CN(Cc2ccc(OC)cc2)c2cc(C)c(C(F)(F)F)c(-c3c(Cl)c4c5c(nc(OC[C@@H]6CC[C@H]7COCCCN76)nc5c3F)N([C@H](C)c3cccnc3NC(=O)O)CCO4)n2)cc1. The summed E-state index contributed by atoms with van der Waals surface area (Å²) in [5, 5.41) is 11.5. The number of nitrogens with zero attached hydrogens (tertiary/aromatic N) is 7. The van der Waals surface area contributed by atoms with E-state index in [1.807, 2.05) is 24.3 Å². The average Bonchev–Trinajstić information content (AvgIpc) is 3.45. The maximum atomic E-state index is 18.1. The molecule has 3 aliphatic rings. The zero-order valence-corrected chi connectivity index (χ0v) is 39.6. The Morgan fingerprint density at radius 2 is 1.69 bits per heavy atom. The molecule has 368 valence electrons. The van der Waals surface area contributed by atoms with Crippen molar-refractivity contribution in [2.75, 3.05) is 68.9 Å². The fourth-order valence-electron chi connectivity index (χ4n) is 9.66. The van der Waals surface area contributed by atoms with E-state index in [0.717, 1.165) is 36.9 Å². The number of pyridine rings is 2. The summed E-state index contributed by atoms with van der Waals surface area (Å²) in [5.74, 6) is 0.141. The zero-order valence-electron chi connectivity index (χ0n) is 38.9. The lowest BCUT2D eigenvalue weighted by molar-refractivity contribution is -0.137. The van der Waals surface area contributed by atoms with Gasteiger partial charge in [-0.25, -0.2) is 19.2 Å². The van der Waals surface area contributed by atoms with Gasteiger partial charge >= 0.3 is 18.3 Å². The van der Waals surface area contributed by atoms with Crippen LogP contribution in [0, 0.1) is 12.7 Å². The minimum atomic E-state index is -5.03. The van der Waals surface area contributed by atoms with E-state index in [1.165, 1.54) is 19.2 Å². The number of aryl methyl sites for hydroxylation is 1. The number of amides is 1. The molecule has 2 N–H and O–H groups in total. The van der Waals surface area contributed by atoms with E-state index in [4.69, 9.17) is 40.3 Å². The summed E-state index contributed by atoms with van der Waals surface area (Å²) in [6.45, 7) is 5.63. The van der Waals surface area contributed by atoms with Crippen LogP contribution < -0.4 is 34.1 Å². The summed E-state index contributed by atoms with van der Waals surface area (Å²) < 4.78 is 94.0. The van der Waals surface area contributed by atoms with Crippen molar-refractivity contribution < 1.29 is 51.1 Å². The number of methoxy groups -OCH3 is 2. The molecule has 0 spiro atoms. The number of aromatic nitrogens is 4. The third-order valence-electron chi connectivity index (χ3n) is 13.1. The number of anilines is 3. The van der Waals surface area contributed by atoms with Crippen LogP contribution in [0.5, 0.6) is 23.3 Å². The van der Waals surface area contributed by atoms with Gasteiger partial charge in [0.2, 0.25) is 0 Å². The number of hydrogen-bond acceptors (Lipinski definition) is 13. The van der Waals surface area contributed by atoms with Crippen molar-refractivity contribution in [3.63, 3.8) is 0 Å². The van der Waals surface area contributed by atoms with Gasteiger partial charge < -0.3 is 38.6 Å². The summed E-state index contributed by atoms with van der Waals surface area (Å²) in [6, 6.07) is 18.4. The van der Waals surface area contributed by atoms with Crippen LogP contribution in [0.4, 0.5) is 39.8 Å². The smallest absolute Gasteiger partial charge is 0.418 e. The molecule has 0 bridgehead atoms. The highest BCUT2D eigenvalue weighted by Crippen LogP contribution is 2.51. The van der Waals surface area contributed by atoms with Gasteiger partial charge in [-0.05, 0) is 86.2 Å². The lowest BCUT2D eigenvalue weighted by atomic mass is 9.98. The van der Waals surface area contributed by atoms with Crippen LogP contribution in [0.3, 0.4) is 0 Å². The van der Waals surface area contributed by atoms with Crippen molar-refractivity contribution in [1.29, 1.82) is 0 Å². The third kappa shape index (κ3) is 9.87. The van der Waals surface area contributed by atoms with Gasteiger partial charge in [-0.1, -0.05) is 41.9 Å². The fraction of sp³-hybridized carbons (Fsp3) is 0.380. The molecule has 70 heavy (non-hydrogen) atoms. The molecule has 1 amide bonds. The van der Waals surface area contributed by atoms with E-state index >= 15 is 17.6 Å². The largest absolute Gasteiger partial charge is 0.497 e. The summed E-state index contributed by atoms with van der Waals surface area (Å²) in [6.07, 6.45) is -2.38. The second-order valence-electron chi connectivity index (χ2n) is 17.4. The molecule has 0 aliphatic carbocycles. The van der Waals surface area contributed by atoms with Gasteiger partial charge in [0.25, 0.3) is 0 Å². The Morgan fingerprint density at radius 1 is 0.986 bits per heavy atom. The Morgan fingerprint density at radius 3 is 2.34 bits per heavy atom. The predicted octanol–water partition coefficient (Wildman–Crippen LogP) is 10.1.